The molecule has 3 rings (SSSR count). The van der Waals surface area contributed by atoms with Gasteiger partial charge in [0, 0.05) is 18.2 Å². The van der Waals surface area contributed by atoms with Crippen LogP contribution in [0.25, 0.3) is 0 Å². The van der Waals surface area contributed by atoms with Gasteiger partial charge in [0.2, 0.25) is 5.75 Å². The molecule has 0 aliphatic carbocycles. The Kier molecular flexibility index (Phi) is 6.50. The molecule has 0 radical (unpaired) electrons. The highest BCUT2D eigenvalue weighted by Crippen LogP contribution is 2.39. The van der Waals surface area contributed by atoms with E-state index in [1.165, 1.54) is 50.5 Å². The zero-order valence-electron chi connectivity index (χ0n) is 17.1. The van der Waals surface area contributed by atoms with Crippen LogP contribution in [0.15, 0.2) is 36.4 Å². The summed E-state index contributed by atoms with van der Waals surface area (Å²) in [5.74, 6) is 0.380. The minimum Gasteiger partial charge on any atom is -0.493 e. The highest BCUT2D eigenvalue weighted by atomic mass is 32.2. The maximum absolute atomic E-state index is 13.3. The largest absolute Gasteiger partial charge is 0.493 e. The number of benzene rings is 2. The molecule has 1 aliphatic heterocycles. The van der Waals surface area contributed by atoms with Crippen LogP contribution >= 0.6 is 0 Å². The van der Waals surface area contributed by atoms with Crippen molar-refractivity contribution in [2.45, 2.75) is 19.0 Å². The van der Waals surface area contributed by atoms with Gasteiger partial charge in [-0.05, 0) is 48.4 Å². The van der Waals surface area contributed by atoms with E-state index >= 15 is 0 Å². The van der Waals surface area contributed by atoms with Crippen molar-refractivity contribution < 1.29 is 31.8 Å². The Labute approximate surface area is 175 Å². The molecule has 7 nitrogen and oxygen atoms in total. The SMILES string of the molecule is COc1cc(CN(C(=O)c2ccc(F)cc2)[C@@H]2CCS(=O)(=O)C2)cc(OC)c1OC. The van der Waals surface area contributed by atoms with Gasteiger partial charge in [-0.3, -0.25) is 4.79 Å². The first-order valence-corrected chi connectivity index (χ1v) is 11.2. The molecule has 0 spiro atoms. The van der Waals surface area contributed by atoms with Crippen LogP contribution in [0.1, 0.15) is 22.3 Å². The summed E-state index contributed by atoms with van der Waals surface area (Å²) in [6.45, 7) is 0.132. The van der Waals surface area contributed by atoms with Gasteiger partial charge in [0.05, 0.1) is 32.8 Å². The van der Waals surface area contributed by atoms with Crippen LogP contribution in [-0.4, -0.2) is 58.1 Å². The van der Waals surface area contributed by atoms with Crippen molar-refractivity contribution in [3.05, 3.63) is 53.3 Å². The van der Waals surface area contributed by atoms with Gasteiger partial charge in [0.15, 0.2) is 21.3 Å². The summed E-state index contributed by atoms with van der Waals surface area (Å²) in [6.07, 6.45) is 0.347. The zero-order valence-corrected chi connectivity index (χ0v) is 17.9. The Morgan fingerprint density at radius 1 is 1.07 bits per heavy atom. The number of amides is 1. The smallest absolute Gasteiger partial charge is 0.254 e. The first kappa shape index (κ1) is 21.9. The number of halogens is 1. The van der Waals surface area contributed by atoms with Crippen molar-refractivity contribution in [1.82, 2.24) is 4.90 Å². The number of hydrogen-bond acceptors (Lipinski definition) is 6. The van der Waals surface area contributed by atoms with Crippen LogP contribution in [0.4, 0.5) is 4.39 Å². The van der Waals surface area contributed by atoms with Crippen molar-refractivity contribution in [3.63, 3.8) is 0 Å². The van der Waals surface area contributed by atoms with Crippen molar-refractivity contribution in [2.24, 2.45) is 0 Å². The molecule has 0 aromatic heterocycles. The van der Waals surface area contributed by atoms with Crippen molar-refractivity contribution in [1.29, 1.82) is 0 Å². The Bertz CT molecular complexity index is 997. The van der Waals surface area contributed by atoms with E-state index in [4.69, 9.17) is 14.2 Å². The average molecular weight is 437 g/mol. The van der Waals surface area contributed by atoms with Gasteiger partial charge in [0.25, 0.3) is 5.91 Å². The molecule has 162 valence electrons. The van der Waals surface area contributed by atoms with Gasteiger partial charge in [0.1, 0.15) is 5.82 Å². The van der Waals surface area contributed by atoms with Gasteiger partial charge in [-0.25, -0.2) is 12.8 Å². The van der Waals surface area contributed by atoms with E-state index in [0.29, 0.717) is 29.2 Å². The molecular weight excluding hydrogens is 413 g/mol. The summed E-state index contributed by atoms with van der Waals surface area (Å²) < 4.78 is 53.5. The standard InChI is InChI=1S/C21H24FNO6S/c1-27-18-10-14(11-19(28-2)20(18)29-3)12-23(17-8-9-30(25,26)13-17)21(24)15-4-6-16(22)7-5-15/h4-7,10-11,17H,8-9,12-13H2,1-3H3/t17-/m1/s1. The predicted molar refractivity (Wildman–Crippen MR) is 109 cm³/mol. The van der Waals surface area contributed by atoms with Crippen LogP contribution in [0.3, 0.4) is 0 Å². The van der Waals surface area contributed by atoms with Crippen LogP contribution < -0.4 is 14.2 Å². The number of nitrogens with zero attached hydrogens (tertiary/aromatic N) is 1. The summed E-state index contributed by atoms with van der Waals surface area (Å²) in [4.78, 5) is 14.7. The molecule has 1 amide bonds. The summed E-state index contributed by atoms with van der Waals surface area (Å²) >= 11 is 0. The van der Waals surface area contributed by atoms with E-state index in [1.54, 1.807) is 12.1 Å². The maximum atomic E-state index is 13.3. The average Bonchev–Trinajstić information content (AvgIpc) is 3.10. The lowest BCUT2D eigenvalue weighted by atomic mass is 10.1. The van der Waals surface area contributed by atoms with E-state index in [9.17, 15) is 17.6 Å². The molecular formula is C21H24FNO6S. The molecule has 2 aromatic carbocycles. The van der Waals surface area contributed by atoms with Crippen LogP contribution in [0.2, 0.25) is 0 Å². The second-order valence-electron chi connectivity index (χ2n) is 7.03. The minimum atomic E-state index is -3.21. The van der Waals surface area contributed by atoms with E-state index in [1.807, 2.05) is 0 Å². The highest BCUT2D eigenvalue weighted by molar-refractivity contribution is 7.91. The maximum Gasteiger partial charge on any atom is 0.254 e. The molecule has 1 aliphatic rings. The number of carbonyl (C=O) groups excluding carboxylic acids is 1. The second-order valence-corrected chi connectivity index (χ2v) is 9.26. The molecule has 2 aromatic rings. The summed E-state index contributed by atoms with van der Waals surface area (Å²) in [5.41, 5.74) is 0.970. The molecule has 0 N–H and O–H groups in total. The zero-order chi connectivity index (χ0) is 21.9. The third kappa shape index (κ3) is 4.67. The number of carbonyl (C=O) groups is 1. The number of hydrogen-bond donors (Lipinski definition) is 0. The fraction of sp³-hybridized carbons (Fsp3) is 0.381. The lowest BCUT2D eigenvalue weighted by Crippen LogP contribution is -2.40. The van der Waals surface area contributed by atoms with Crippen molar-refractivity contribution >= 4 is 15.7 Å². The van der Waals surface area contributed by atoms with E-state index < -0.39 is 21.7 Å². The van der Waals surface area contributed by atoms with Gasteiger partial charge in [-0.2, -0.15) is 0 Å². The topological polar surface area (TPSA) is 82.1 Å². The van der Waals surface area contributed by atoms with Crippen LogP contribution in [0, 0.1) is 5.82 Å². The Morgan fingerprint density at radius 2 is 1.67 bits per heavy atom. The monoisotopic (exact) mass is 437 g/mol. The lowest BCUT2D eigenvalue weighted by Gasteiger charge is -2.29. The summed E-state index contributed by atoms with van der Waals surface area (Å²) in [7, 11) is 1.26. The Balaban J connectivity index is 1.99. The first-order chi connectivity index (χ1) is 14.3. The Hall–Kier alpha value is -2.81. The molecule has 0 bridgehead atoms. The van der Waals surface area contributed by atoms with Crippen molar-refractivity contribution in [2.75, 3.05) is 32.8 Å². The number of methoxy groups -OCH3 is 3. The molecule has 30 heavy (non-hydrogen) atoms. The molecule has 1 fully saturated rings. The fourth-order valence-electron chi connectivity index (χ4n) is 3.57. The third-order valence-corrected chi connectivity index (χ3v) is 6.83. The molecule has 1 saturated heterocycles. The number of ether oxygens (including phenoxy) is 3. The fourth-order valence-corrected chi connectivity index (χ4v) is 5.30. The van der Waals surface area contributed by atoms with E-state index in [0.717, 1.165) is 0 Å². The summed E-state index contributed by atoms with van der Waals surface area (Å²) in [5, 5.41) is 0. The molecule has 1 atom stereocenters. The third-order valence-electron chi connectivity index (χ3n) is 5.08. The van der Waals surface area contributed by atoms with E-state index in [2.05, 4.69) is 0 Å². The highest BCUT2D eigenvalue weighted by Gasteiger charge is 2.35. The van der Waals surface area contributed by atoms with E-state index in [-0.39, 0.29) is 29.5 Å². The second kappa shape index (κ2) is 8.91. The van der Waals surface area contributed by atoms with Gasteiger partial charge < -0.3 is 19.1 Å². The molecule has 1 heterocycles. The normalized spacial score (nSPS) is 17.4. The predicted octanol–water partition coefficient (Wildman–Crippen LogP) is 2.68. The first-order valence-electron chi connectivity index (χ1n) is 9.34. The van der Waals surface area contributed by atoms with Crippen LogP contribution in [-0.2, 0) is 16.4 Å². The number of sulfone groups is 1. The van der Waals surface area contributed by atoms with Gasteiger partial charge in [-0.1, -0.05) is 0 Å². The molecule has 0 unspecified atom stereocenters. The van der Waals surface area contributed by atoms with Crippen molar-refractivity contribution in [3.8, 4) is 17.2 Å². The number of rotatable bonds is 7. The molecule has 0 saturated carbocycles. The quantitative estimate of drug-likeness (QED) is 0.663. The minimum absolute atomic E-state index is 0.0279. The summed E-state index contributed by atoms with van der Waals surface area (Å²) in [6, 6.07) is 8.15. The van der Waals surface area contributed by atoms with Gasteiger partial charge >= 0.3 is 0 Å². The Morgan fingerprint density at radius 3 is 2.13 bits per heavy atom. The van der Waals surface area contributed by atoms with Crippen LogP contribution in [0.5, 0.6) is 17.2 Å². The molecule has 9 heteroatoms. The van der Waals surface area contributed by atoms with Gasteiger partial charge in [-0.15, -0.1) is 0 Å². The lowest BCUT2D eigenvalue weighted by molar-refractivity contribution is 0.0680.